The number of aliphatic imine (C=N–C) groups is 1. The standard InChI is InChI=1S/C24H27N5O4S.ClH/c1-17(19-10-7-11-20(16-19)21(30)18-8-5-4-6-9-18)22-26-27-23(33-22)25-24(28(2)3)29-12-14-34(31,32)15-13-29;/h4-11,16-17H,12-15H2,1-3H3;1H/b25-24+;. The van der Waals surface area contributed by atoms with Crippen molar-refractivity contribution in [1.29, 1.82) is 0 Å². The minimum atomic E-state index is -3.00. The summed E-state index contributed by atoms with van der Waals surface area (Å²) in [6.45, 7) is 2.65. The first-order valence-electron chi connectivity index (χ1n) is 11.0. The zero-order chi connectivity index (χ0) is 24.3. The zero-order valence-electron chi connectivity index (χ0n) is 19.8. The maximum Gasteiger partial charge on any atom is 0.345 e. The fraction of sp³-hybridized carbons (Fsp3) is 0.333. The Balaban J connectivity index is 0.00000342. The first-order valence-corrected chi connectivity index (χ1v) is 12.8. The fourth-order valence-corrected chi connectivity index (χ4v) is 4.95. The molecule has 0 saturated carbocycles. The topological polar surface area (TPSA) is 109 Å². The van der Waals surface area contributed by atoms with Gasteiger partial charge in [0.05, 0.1) is 17.4 Å². The van der Waals surface area contributed by atoms with Crippen LogP contribution in [0.1, 0.15) is 40.2 Å². The summed E-state index contributed by atoms with van der Waals surface area (Å²) in [6, 6.07) is 16.6. The third-order valence-electron chi connectivity index (χ3n) is 5.71. The van der Waals surface area contributed by atoms with Crippen LogP contribution < -0.4 is 0 Å². The maximum atomic E-state index is 12.8. The van der Waals surface area contributed by atoms with Gasteiger partial charge in [-0.2, -0.15) is 4.99 Å². The summed E-state index contributed by atoms with van der Waals surface area (Å²) < 4.78 is 29.4. The lowest BCUT2D eigenvalue weighted by atomic mass is 9.96. The maximum absolute atomic E-state index is 12.8. The lowest BCUT2D eigenvalue weighted by Gasteiger charge is -2.32. The molecule has 0 amide bonds. The highest BCUT2D eigenvalue weighted by Crippen LogP contribution is 2.26. The molecule has 3 aromatic rings. The molecule has 186 valence electrons. The van der Waals surface area contributed by atoms with Gasteiger partial charge in [-0.1, -0.05) is 53.6 Å². The lowest BCUT2D eigenvalue weighted by molar-refractivity contribution is 0.103. The van der Waals surface area contributed by atoms with Crippen molar-refractivity contribution in [3.05, 3.63) is 77.2 Å². The molecule has 11 heteroatoms. The third-order valence-corrected chi connectivity index (χ3v) is 7.32. The number of aromatic nitrogens is 2. The van der Waals surface area contributed by atoms with E-state index in [0.717, 1.165) is 5.56 Å². The molecule has 1 unspecified atom stereocenters. The monoisotopic (exact) mass is 517 g/mol. The van der Waals surface area contributed by atoms with Gasteiger partial charge in [-0.05, 0) is 18.6 Å². The second-order valence-corrected chi connectivity index (χ2v) is 10.7. The van der Waals surface area contributed by atoms with Gasteiger partial charge in [-0.25, -0.2) is 8.42 Å². The Morgan fingerprint density at radius 2 is 1.69 bits per heavy atom. The number of hydrogen-bond donors (Lipinski definition) is 0. The van der Waals surface area contributed by atoms with Crippen LogP contribution in [0.4, 0.5) is 6.01 Å². The molecule has 1 fully saturated rings. The Kier molecular flexibility index (Phi) is 8.29. The minimum absolute atomic E-state index is 0. The van der Waals surface area contributed by atoms with Crippen LogP contribution in [0.15, 0.2) is 64.0 Å². The smallest absolute Gasteiger partial charge is 0.345 e. The van der Waals surface area contributed by atoms with Crippen molar-refractivity contribution in [2.24, 2.45) is 4.99 Å². The van der Waals surface area contributed by atoms with Crippen molar-refractivity contribution in [3.63, 3.8) is 0 Å². The van der Waals surface area contributed by atoms with Crippen LogP contribution in [0.2, 0.25) is 0 Å². The predicted molar refractivity (Wildman–Crippen MR) is 136 cm³/mol. The highest BCUT2D eigenvalue weighted by Gasteiger charge is 2.26. The van der Waals surface area contributed by atoms with Crippen molar-refractivity contribution < 1.29 is 17.6 Å². The van der Waals surface area contributed by atoms with E-state index in [1.165, 1.54) is 0 Å². The number of carbonyl (C=O) groups is 1. The highest BCUT2D eigenvalue weighted by molar-refractivity contribution is 7.91. The number of ketones is 1. The molecule has 1 saturated heterocycles. The van der Waals surface area contributed by atoms with E-state index in [1.807, 2.05) is 62.3 Å². The van der Waals surface area contributed by atoms with E-state index in [9.17, 15) is 13.2 Å². The second-order valence-electron chi connectivity index (χ2n) is 8.41. The van der Waals surface area contributed by atoms with E-state index >= 15 is 0 Å². The van der Waals surface area contributed by atoms with Gasteiger partial charge in [0, 0.05) is 38.3 Å². The first kappa shape index (κ1) is 26.4. The Morgan fingerprint density at radius 3 is 2.34 bits per heavy atom. The molecule has 1 aliphatic rings. The minimum Gasteiger partial charge on any atom is -0.406 e. The molecule has 0 aliphatic carbocycles. The van der Waals surface area contributed by atoms with Crippen molar-refractivity contribution in [2.75, 3.05) is 38.7 Å². The van der Waals surface area contributed by atoms with Gasteiger partial charge >= 0.3 is 6.01 Å². The largest absolute Gasteiger partial charge is 0.406 e. The highest BCUT2D eigenvalue weighted by atomic mass is 35.5. The SMILES string of the molecule is CC(c1cccc(C(=O)c2ccccc2)c1)c1nnc(/N=C(\N(C)C)N2CCS(=O)(=O)CC2)o1.Cl. The molecule has 4 rings (SSSR count). The summed E-state index contributed by atoms with van der Waals surface area (Å²) in [5, 5.41) is 8.24. The number of rotatable bonds is 5. The van der Waals surface area contributed by atoms with Crippen molar-refractivity contribution in [1.82, 2.24) is 20.0 Å². The predicted octanol–water partition coefficient (Wildman–Crippen LogP) is 3.15. The number of halogens is 1. The van der Waals surface area contributed by atoms with Gasteiger partial charge < -0.3 is 14.2 Å². The van der Waals surface area contributed by atoms with Gasteiger partial charge in [0.15, 0.2) is 15.6 Å². The summed E-state index contributed by atoms with van der Waals surface area (Å²) in [6.07, 6.45) is 0. The Bertz CT molecular complexity index is 1290. The van der Waals surface area contributed by atoms with Crippen LogP contribution in [-0.4, -0.2) is 78.8 Å². The molecule has 0 N–H and O–H groups in total. The molecular weight excluding hydrogens is 490 g/mol. The van der Waals surface area contributed by atoms with E-state index in [4.69, 9.17) is 4.42 Å². The van der Waals surface area contributed by atoms with Gasteiger partial charge in [-0.15, -0.1) is 17.5 Å². The molecule has 1 aliphatic heterocycles. The van der Waals surface area contributed by atoms with Gasteiger partial charge in [-0.3, -0.25) is 4.79 Å². The van der Waals surface area contributed by atoms with E-state index in [-0.39, 0.29) is 41.6 Å². The molecule has 9 nitrogen and oxygen atoms in total. The van der Waals surface area contributed by atoms with Crippen LogP contribution in [0.3, 0.4) is 0 Å². The summed E-state index contributed by atoms with van der Waals surface area (Å²) in [4.78, 5) is 21.0. The first-order chi connectivity index (χ1) is 16.2. The van der Waals surface area contributed by atoms with Crippen molar-refractivity contribution in [2.45, 2.75) is 12.8 Å². The van der Waals surface area contributed by atoms with Gasteiger partial charge in [0.2, 0.25) is 11.9 Å². The Labute approximate surface area is 211 Å². The summed E-state index contributed by atoms with van der Waals surface area (Å²) >= 11 is 0. The summed E-state index contributed by atoms with van der Waals surface area (Å²) in [5.74, 6) is 0.816. The van der Waals surface area contributed by atoms with Crippen molar-refractivity contribution in [3.8, 4) is 0 Å². The molecule has 2 heterocycles. The molecule has 1 atom stereocenters. The van der Waals surface area contributed by atoms with E-state index in [0.29, 0.717) is 36.1 Å². The molecule has 1 aromatic heterocycles. The number of hydrogen-bond acceptors (Lipinski definition) is 7. The number of nitrogens with zero attached hydrogens (tertiary/aromatic N) is 5. The summed E-state index contributed by atoms with van der Waals surface area (Å²) in [5.41, 5.74) is 2.08. The molecule has 0 spiro atoms. The zero-order valence-corrected chi connectivity index (χ0v) is 21.4. The van der Waals surface area contributed by atoms with Crippen LogP contribution in [0, 0.1) is 0 Å². The molecule has 35 heavy (non-hydrogen) atoms. The van der Waals surface area contributed by atoms with E-state index < -0.39 is 9.84 Å². The molecule has 2 aromatic carbocycles. The van der Waals surface area contributed by atoms with E-state index in [2.05, 4.69) is 15.2 Å². The quantitative estimate of drug-likeness (QED) is 0.288. The number of sulfone groups is 1. The average molecular weight is 518 g/mol. The van der Waals surface area contributed by atoms with Crippen LogP contribution in [-0.2, 0) is 9.84 Å². The molecule has 0 radical (unpaired) electrons. The van der Waals surface area contributed by atoms with Crippen LogP contribution >= 0.6 is 12.4 Å². The van der Waals surface area contributed by atoms with Crippen molar-refractivity contribution >= 4 is 40.0 Å². The van der Waals surface area contributed by atoms with E-state index in [1.54, 1.807) is 23.1 Å². The molecular formula is C24H28ClN5O4S. The second kappa shape index (κ2) is 11.0. The van der Waals surface area contributed by atoms with Gasteiger partial charge in [0.25, 0.3) is 0 Å². The number of guanidine groups is 1. The third kappa shape index (κ3) is 6.26. The Morgan fingerprint density at radius 1 is 1.03 bits per heavy atom. The average Bonchev–Trinajstić information content (AvgIpc) is 3.31. The summed E-state index contributed by atoms with van der Waals surface area (Å²) in [7, 11) is 0.657. The number of carbonyl (C=O) groups excluding carboxylic acids is 1. The normalized spacial score (nSPS) is 16.3. The Hall–Kier alpha value is -3.24. The molecule has 0 bridgehead atoms. The van der Waals surface area contributed by atoms with Gasteiger partial charge in [0.1, 0.15) is 0 Å². The fourth-order valence-electron chi connectivity index (χ4n) is 3.75. The van der Waals surface area contributed by atoms with Crippen LogP contribution in [0.25, 0.3) is 0 Å². The van der Waals surface area contributed by atoms with Crippen LogP contribution in [0.5, 0.6) is 0 Å². The lowest BCUT2D eigenvalue weighted by Crippen LogP contribution is -2.48. The number of benzene rings is 2.